The maximum Gasteiger partial charge on any atom is 0.0696 e. The van der Waals surface area contributed by atoms with Crippen molar-refractivity contribution < 1.29 is 9.84 Å². The maximum absolute atomic E-state index is 8.82. The van der Waals surface area contributed by atoms with Gasteiger partial charge in [0.2, 0.25) is 0 Å². The van der Waals surface area contributed by atoms with Crippen LogP contribution < -0.4 is 0 Å². The Hall–Kier alpha value is -0.800. The second kappa shape index (κ2) is 5.04. The Morgan fingerprint density at radius 3 is 2.85 bits per heavy atom. The van der Waals surface area contributed by atoms with Gasteiger partial charge < -0.3 is 14.4 Å². The van der Waals surface area contributed by atoms with E-state index in [9.17, 15) is 0 Å². The smallest absolute Gasteiger partial charge is 0.0696 e. The van der Waals surface area contributed by atoms with Crippen LogP contribution in [-0.2, 0) is 17.9 Å². The lowest BCUT2D eigenvalue weighted by molar-refractivity contribution is 0.0728. The van der Waals surface area contributed by atoms with Gasteiger partial charge in [0.05, 0.1) is 19.3 Å². The monoisotopic (exact) mass is 183 g/mol. The number of ether oxygens (including phenoxy) is 1. The third-order valence-corrected chi connectivity index (χ3v) is 1.79. The summed E-state index contributed by atoms with van der Waals surface area (Å²) in [5.74, 6) is 0. The van der Waals surface area contributed by atoms with Crippen LogP contribution in [0.25, 0.3) is 0 Å². The third kappa shape index (κ3) is 3.61. The van der Waals surface area contributed by atoms with Crippen LogP contribution in [0.1, 0.15) is 19.4 Å². The number of rotatable bonds is 5. The molecule has 0 aliphatic rings. The molecule has 0 unspecified atom stereocenters. The van der Waals surface area contributed by atoms with Gasteiger partial charge in [0.25, 0.3) is 0 Å². The Bertz CT molecular complexity index is 243. The molecule has 0 aromatic carbocycles. The molecule has 0 amide bonds. The summed E-state index contributed by atoms with van der Waals surface area (Å²) in [5, 5.41) is 8.82. The van der Waals surface area contributed by atoms with Crippen LogP contribution >= 0.6 is 0 Å². The number of hydrogen-bond donors (Lipinski definition) is 1. The van der Waals surface area contributed by atoms with Crippen LogP contribution in [0.5, 0.6) is 0 Å². The molecule has 1 heterocycles. The van der Waals surface area contributed by atoms with Crippen molar-refractivity contribution in [2.24, 2.45) is 0 Å². The molecule has 13 heavy (non-hydrogen) atoms. The molecule has 1 N–H and O–H groups in total. The molecule has 0 aliphatic heterocycles. The SMILES string of the molecule is CC(C)OCCn1ccc(CO)c1. The molecular formula is C10H17NO2. The first-order chi connectivity index (χ1) is 6.22. The number of aliphatic hydroxyl groups excluding tert-OH is 1. The van der Waals surface area contributed by atoms with Crippen molar-refractivity contribution in [3.05, 3.63) is 24.0 Å². The van der Waals surface area contributed by atoms with Gasteiger partial charge in [-0.05, 0) is 25.5 Å². The summed E-state index contributed by atoms with van der Waals surface area (Å²) in [6, 6.07) is 1.91. The summed E-state index contributed by atoms with van der Waals surface area (Å²) < 4.78 is 7.43. The predicted octanol–water partition coefficient (Wildman–Crippen LogP) is 1.41. The predicted molar refractivity (Wildman–Crippen MR) is 51.4 cm³/mol. The van der Waals surface area contributed by atoms with Gasteiger partial charge in [0.1, 0.15) is 0 Å². The van der Waals surface area contributed by atoms with E-state index in [-0.39, 0.29) is 12.7 Å². The molecule has 0 bridgehead atoms. The van der Waals surface area contributed by atoms with E-state index in [1.54, 1.807) is 0 Å². The normalized spacial score (nSPS) is 11.1. The fourth-order valence-electron chi connectivity index (χ4n) is 1.12. The highest BCUT2D eigenvalue weighted by atomic mass is 16.5. The lowest BCUT2D eigenvalue weighted by Crippen LogP contribution is -2.09. The van der Waals surface area contributed by atoms with Crippen molar-refractivity contribution >= 4 is 0 Å². The van der Waals surface area contributed by atoms with Gasteiger partial charge in [-0.15, -0.1) is 0 Å². The van der Waals surface area contributed by atoms with Crippen LogP contribution in [0.4, 0.5) is 0 Å². The minimum Gasteiger partial charge on any atom is -0.392 e. The average molecular weight is 183 g/mol. The van der Waals surface area contributed by atoms with Crippen molar-refractivity contribution in [1.82, 2.24) is 4.57 Å². The quantitative estimate of drug-likeness (QED) is 0.749. The first-order valence-electron chi connectivity index (χ1n) is 4.59. The Morgan fingerprint density at radius 2 is 2.31 bits per heavy atom. The van der Waals surface area contributed by atoms with Crippen LogP contribution in [0.15, 0.2) is 18.5 Å². The standard InChI is InChI=1S/C10H17NO2/c1-9(2)13-6-5-11-4-3-10(7-11)8-12/h3-4,7,9,12H,5-6,8H2,1-2H3. The summed E-state index contributed by atoms with van der Waals surface area (Å²) in [4.78, 5) is 0. The molecule has 0 fully saturated rings. The Balaban J connectivity index is 2.28. The van der Waals surface area contributed by atoms with E-state index in [1.807, 2.05) is 36.9 Å². The highest BCUT2D eigenvalue weighted by Crippen LogP contribution is 2.00. The Kier molecular flexibility index (Phi) is 3.99. The minimum atomic E-state index is 0.109. The molecule has 0 saturated carbocycles. The van der Waals surface area contributed by atoms with Crippen molar-refractivity contribution in [1.29, 1.82) is 0 Å². The van der Waals surface area contributed by atoms with Gasteiger partial charge in [-0.3, -0.25) is 0 Å². The molecule has 0 radical (unpaired) electrons. The van der Waals surface area contributed by atoms with Crippen molar-refractivity contribution in [2.45, 2.75) is 33.1 Å². The lowest BCUT2D eigenvalue weighted by atomic mass is 10.4. The van der Waals surface area contributed by atoms with E-state index in [2.05, 4.69) is 0 Å². The van der Waals surface area contributed by atoms with E-state index in [0.29, 0.717) is 0 Å². The van der Waals surface area contributed by atoms with E-state index < -0.39 is 0 Å². The van der Waals surface area contributed by atoms with Gasteiger partial charge in [-0.25, -0.2) is 0 Å². The largest absolute Gasteiger partial charge is 0.392 e. The van der Waals surface area contributed by atoms with Gasteiger partial charge in [0, 0.05) is 18.9 Å². The molecule has 0 spiro atoms. The molecule has 74 valence electrons. The number of hydrogen-bond acceptors (Lipinski definition) is 2. The fraction of sp³-hybridized carbons (Fsp3) is 0.600. The van der Waals surface area contributed by atoms with Crippen molar-refractivity contribution in [2.75, 3.05) is 6.61 Å². The number of aliphatic hydroxyl groups is 1. The van der Waals surface area contributed by atoms with Crippen LogP contribution in [0, 0.1) is 0 Å². The first-order valence-corrected chi connectivity index (χ1v) is 4.59. The van der Waals surface area contributed by atoms with Crippen molar-refractivity contribution in [3.63, 3.8) is 0 Å². The second-order valence-electron chi connectivity index (χ2n) is 3.34. The topological polar surface area (TPSA) is 34.4 Å². The van der Waals surface area contributed by atoms with Gasteiger partial charge >= 0.3 is 0 Å². The number of aromatic nitrogens is 1. The number of nitrogens with zero attached hydrogens (tertiary/aromatic N) is 1. The molecular weight excluding hydrogens is 166 g/mol. The van der Waals surface area contributed by atoms with E-state index in [0.717, 1.165) is 18.7 Å². The van der Waals surface area contributed by atoms with Crippen molar-refractivity contribution in [3.8, 4) is 0 Å². The summed E-state index contributed by atoms with van der Waals surface area (Å²) in [6.45, 7) is 5.72. The highest BCUT2D eigenvalue weighted by molar-refractivity contribution is 5.08. The lowest BCUT2D eigenvalue weighted by Gasteiger charge is -2.07. The zero-order valence-corrected chi connectivity index (χ0v) is 8.23. The summed E-state index contributed by atoms with van der Waals surface area (Å²) in [7, 11) is 0. The molecule has 3 heteroatoms. The molecule has 1 aromatic rings. The molecule has 3 nitrogen and oxygen atoms in total. The summed E-state index contributed by atoms with van der Waals surface area (Å²) in [5.41, 5.74) is 0.949. The molecule has 0 saturated heterocycles. The Morgan fingerprint density at radius 1 is 1.54 bits per heavy atom. The summed E-state index contributed by atoms with van der Waals surface area (Å²) >= 11 is 0. The Labute approximate surface area is 78.9 Å². The molecule has 1 rings (SSSR count). The minimum absolute atomic E-state index is 0.109. The third-order valence-electron chi connectivity index (χ3n) is 1.79. The van der Waals surface area contributed by atoms with Crippen LogP contribution in [-0.4, -0.2) is 22.4 Å². The van der Waals surface area contributed by atoms with E-state index in [1.165, 1.54) is 0 Å². The fourth-order valence-corrected chi connectivity index (χ4v) is 1.12. The molecule has 0 atom stereocenters. The van der Waals surface area contributed by atoms with Crippen LogP contribution in [0.3, 0.4) is 0 Å². The van der Waals surface area contributed by atoms with Gasteiger partial charge in [-0.1, -0.05) is 0 Å². The van der Waals surface area contributed by atoms with E-state index in [4.69, 9.17) is 9.84 Å². The highest BCUT2D eigenvalue weighted by Gasteiger charge is 1.96. The van der Waals surface area contributed by atoms with Gasteiger partial charge in [-0.2, -0.15) is 0 Å². The molecule has 1 aromatic heterocycles. The average Bonchev–Trinajstić information content (AvgIpc) is 2.52. The maximum atomic E-state index is 8.82. The molecule has 0 aliphatic carbocycles. The summed E-state index contributed by atoms with van der Waals surface area (Å²) in [6.07, 6.45) is 4.17. The van der Waals surface area contributed by atoms with E-state index >= 15 is 0 Å². The van der Waals surface area contributed by atoms with Crippen LogP contribution in [0.2, 0.25) is 0 Å². The zero-order valence-electron chi connectivity index (χ0n) is 8.23. The van der Waals surface area contributed by atoms with Gasteiger partial charge in [0.15, 0.2) is 0 Å². The zero-order chi connectivity index (χ0) is 9.68. The first kappa shape index (κ1) is 10.3. The second-order valence-corrected chi connectivity index (χ2v) is 3.34.